The first-order chi connectivity index (χ1) is 4.84. The van der Waals surface area contributed by atoms with E-state index < -0.39 is 0 Å². The number of carbonyl (C=O) groups excluding carboxylic acids is 1. The largest absolute Gasteiger partial charge is 0.353 e. The lowest BCUT2D eigenvalue weighted by Crippen LogP contribution is -1.96. The smallest absolute Gasteiger partial charge is 0.202 e. The minimum Gasteiger partial charge on any atom is -0.353 e. The molecule has 4 heteroatoms. The van der Waals surface area contributed by atoms with E-state index in [4.69, 9.17) is 11.6 Å². The Morgan fingerprint density at radius 1 is 1.80 bits per heavy atom. The van der Waals surface area contributed by atoms with Crippen LogP contribution in [0.5, 0.6) is 0 Å². The number of Topliss-reactive ketones (excluding diaryl/α,β-unsaturated/α-hetero) is 1. The van der Waals surface area contributed by atoms with Gasteiger partial charge in [0.05, 0.1) is 6.20 Å². The molecule has 0 aromatic carbocycles. The number of aromatic nitrogens is 1. The molecule has 0 radical (unpaired) electrons. The van der Waals surface area contributed by atoms with Gasteiger partial charge in [0.25, 0.3) is 0 Å². The van der Waals surface area contributed by atoms with E-state index in [1.54, 1.807) is 0 Å². The highest BCUT2D eigenvalue weighted by molar-refractivity contribution is 6.19. The highest BCUT2D eigenvalue weighted by Crippen LogP contribution is 2.01. The Morgan fingerprint density at radius 2 is 2.60 bits per heavy atom. The number of halogens is 1. The molecule has 0 fully saturated rings. The van der Waals surface area contributed by atoms with Gasteiger partial charge in [-0.05, 0) is 0 Å². The van der Waals surface area contributed by atoms with Gasteiger partial charge in [-0.3, -0.25) is 4.79 Å². The Balaban J connectivity index is 2.59. The quantitative estimate of drug-likeness (QED) is 0.496. The topological polar surface area (TPSA) is 43.1 Å². The van der Waals surface area contributed by atoms with Crippen molar-refractivity contribution in [1.29, 1.82) is 0 Å². The summed E-state index contributed by atoms with van der Waals surface area (Å²) in [6.07, 6.45) is 1.73. The molecule has 0 N–H and O–H groups in total. The number of nitrogens with zero attached hydrogens (tertiary/aromatic N) is 1. The third kappa shape index (κ3) is 1.57. The third-order valence-electron chi connectivity index (χ3n) is 1.03. The number of rotatable bonds is 3. The van der Waals surface area contributed by atoms with Crippen LogP contribution in [-0.2, 0) is 0 Å². The zero-order chi connectivity index (χ0) is 7.40. The van der Waals surface area contributed by atoms with Crippen LogP contribution in [-0.4, -0.2) is 16.8 Å². The summed E-state index contributed by atoms with van der Waals surface area (Å²) in [5.41, 5.74) is 0. The van der Waals surface area contributed by atoms with E-state index in [0.717, 1.165) is 0 Å². The van der Waals surface area contributed by atoms with Gasteiger partial charge in [0.15, 0.2) is 0 Å². The molecule has 1 rings (SSSR count). The average molecular weight is 160 g/mol. The molecule has 0 amide bonds. The van der Waals surface area contributed by atoms with Crippen molar-refractivity contribution in [2.45, 2.75) is 6.42 Å². The van der Waals surface area contributed by atoms with Crippen molar-refractivity contribution in [2.75, 3.05) is 5.88 Å². The van der Waals surface area contributed by atoms with Gasteiger partial charge in [0, 0.05) is 18.4 Å². The molecule has 0 aliphatic heterocycles. The molecule has 0 spiro atoms. The fraction of sp³-hybridized carbons (Fsp3) is 0.333. The zero-order valence-corrected chi connectivity index (χ0v) is 5.97. The van der Waals surface area contributed by atoms with E-state index in [-0.39, 0.29) is 11.5 Å². The molecule has 0 unspecified atom stereocenters. The second-order valence-corrected chi connectivity index (χ2v) is 2.12. The predicted molar refractivity (Wildman–Crippen MR) is 36.2 cm³/mol. The predicted octanol–water partition coefficient (Wildman–Crippen LogP) is 1.49. The molecule has 1 aromatic rings. The summed E-state index contributed by atoms with van der Waals surface area (Å²) in [6, 6.07) is 1.52. The summed E-state index contributed by atoms with van der Waals surface area (Å²) in [5, 5.41) is 3.39. The van der Waals surface area contributed by atoms with Crippen LogP contribution in [0.4, 0.5) is 0 Å². The first-order valence-electron chi connectivity index (χ1n) is 2.84. The summed E-state index contributed by atoms with van der Waals surface area (Å²) >= 11 is 5.33. The summed E-state index contributed by atoms with van der Waals surface area (Å²) in [6.45, 7) is 0. The molecule has 1 heterocycles. The molecule has 0 saturated carbocycles. The van der Waals surface area contributed by atoms with E-state index in [9.17, 15) is 4.79 Å². The lowest BCUT2D eigenvalue weighted by Gasteiger charge is -1.87. The Bertz CT molecular complexity index is 208. The SMILES string of the molecule is O=C(CCCl)c1ccno1. The highest BCUT2D eigenvalue weighted by atomic mass is 35.5. The molecule has 0 saturated heterocycles. The molecule has 0 aliphatic rings. The molecule has 3 nitrogen and oxygen atoms in total. The van der Waals surface area contributed by atoms with Crippen LogP contribution in [0, 0.1) is 0 Å². The number of alkyl halides is 1. The summed E-state index contributed by atoms with van der Waals surface area (Å²) < 4.78 is 4.59. The number of ketones is 1. The Hall–Kier alpha value is -0.830. The van der Waals surface area contributed by atoms with E-state index in [1.807, 2.05) is 0 Å². The van der Waals surface area contributed by atoms with Crippen LogP contribution < -0.4 is 0 Å². The molecule has 0 atom stereocenters. The van der Waals surface area contributed by atoms with Gasteiger partial charge < -0.3 is 4.52 Å². The summed E-state index contributed by atoms with van der Waals surface area (Å²) in [7, 11) is 0. The Kier molecular flexibility index (Phi) is 2.45. The lowest BCUT2D eigenvalue weighted by molar-refractivity contribution is 0.0953. The normalized spacial score (nSPS) is 9.70. The van der Waals surface area contributed by atoms with Crippen LogP contribution in [0.25, 0.3) is 0 Å². The van der Waals surface area contributed by atoms with Crippen molar-refractivity contribution in [2.24, 2.45) is 0 Å². The molecule has 0 aliphatic carbocycles. The van der Waals surface area contributed by atoms with E-state index in [0.29, 0.717) is 12.3 Å². The molecule has 0 bridgehead atoms. The number of carbonyl (C=O) groups is 1. The maximum atomic E-state index is 10.9. The monoisotopic (exact) mass is 159 g/mol. The molecule has 1 aromatic heterocycles. The first-order valence-corrected chi connectivity index (χ1v) is 3.38. The van der Waals surface area contributed by atoms with Gasteiger partial charge in [0.2, 0.25) is 11.5 Å². The van der Waals surface area contributed by atoms with Crippen molar-refractivity contribution in [3.8, 4) is 0 Å². The van der Waals surface area contributed by atoms with Crippen molar-refractivity contribution < 1.29 is 9.32 Å². The van der Waals surface area contributed by atoms with Crippen LogP contribution >= 0.6 is 11.6 Å². The van der Waals surface area contributed by atoms with Crippen LogP contribution in [0.2, 0.25) is 0 Å². The fourth-order valence-electron chi connectivity index (χ4n) is 0.569. The van der Waals surface area contributed by atoms with E-state index >= 15 is 0 Å². The Labute approximate surface area is 63.0 Å². The minimum absolute atomic E-state index is 0.104. The Morgan fingerprint density at radius 3 is 3.10 bits per heavy atom. The van der Waals surface area contributed by atoms with Crippen molar-refractivity contribution in [1.82, 2.24) is 5.16 Å². The molecule has 54 valence electrons. The average Bonchev–Trinajstić information content (AvgIpc) is 2.38. The maximum Gasteiger partial charge on any atom is 0.202 e. The van der Waals surface area contributed by atoms with Crippen molar-refractivity contribution >= 4 is 17.4 Å². The van der Waals surface area contributed by atoms with E-state index in [1.165, 1.54) is 12.3 Å². The summed E-state index contributed by atoms with van der Waals surface area (Å²) in [4.78, 5) is 10.9. The van der Waals surface area contributed by atoms with E-state index in [2.05, 4.69) is 9.68 Å². The highest BCUT2D eigenvalue weighted by Gasteiger charge is 2.07. The maximum absolute atomic E-state index is 10.9. The third-order valence-corrected chi connectivity index (χ3v) is 1.22. The van der Waals surface area contributed by atoms with Crippen molar-refractivity contribution in [3.63, 3.8) is 0 Å². The van der Waals surface area contributed by atoms with Gasteiger partial charge in [-0.15, -0.1) is 11.6 Å². The number of hydrogen-bond acceptors (Lipinski definition) is 3. The number of hydrogen-bond donors (Lipinski definition) is 0. The van der Waals surface area contributed by atoms with Gasteiger partial charge in [-0.1, -0.05) is 5.16 Å². The van der Waals surface area contributed by atoms with Crippen LogP contribution in [0.3, 0.4) is 0 Å². The van der Waals surface area contributed by atoms with Crippen molar-refractivity contribution in [3.05, 3.63) is 18.0 Å². The van der Waals surface area contributed by atoms with Gasteiger partial charge >= 0.3 is 0 Å². The van der Waals surface area contributed by atoms with Gasteiger partial charge in [0.1, 0.15) is 0 Å². The molecular weight excluding hydrogens is 154 g/mol. The van der Waals surface area contributed by atoms with Crippen LogP contribution in [0.15, 0.2) is 16.8 Å². The van der Waals surface area contributed by atoms with Crippen LogP contribution in [0.1, 0.15) is 17.0 Å². The second kappa shape index (κ2) is 3.37. The fourth-order valence-corrected chi connectivity index (χ4v) is 0.740. The second-order valence-electron chi connectivity index (χ2n) is 1.74. The zero-order valence-electron chi connectivity index (χ0n) is 5.21. The summed E-state index contributed by atoms with van der Waals surface area (Å²) in [5.74, 6) is 0.493. The van der Waals surface area contributed by atoms with Gasteiger partial charge in [-0.2, -0.15) is 0 Å². The molecule has 10 heavy (non-hydrogen) atoms. The standard InChI is InChI=1S/C6H6ClNO2/c7-3-1-5(9)6-2-4-8-10-6/h2,4H,1,3H2. The van der Waals surface area contributed by atoms with Gasteiger partial charge in [-0.25, -0.2) is 0 Å². The minimum atomic E-state index is -0.104. The lowest BCUT2D eigenvalue weighted by atomic mass is 10.2. The molecular formula is C6H6ClNO2. The first kappa shape index (κ1) is 7.28.